The van der Waals surface area contributed by atoms with E-state index < -0.39 is 0 Å². The van der Waals surface area contributed by atoms with Crippen LogP contribution >= 0.6 is 12.2 Å². The van der Waals surface area contributed by atoms with Gasteiger partial charge in [0.1, 0.15) is 10.8 Å². The molecule has 16 heavy (non-hydrogen) atoms. The SMILES string of the molecule is CC1(Nc2ccc(C(N)=S)cn2)CCCC1. The Morgan fingerprint density at radius 3 is 2.62 bits per heavy atom. The lowest BCUT2D eigenvalue weighted by Gasteiger charge is -2.25. The summed E-state index contributed by atoms with van der Waals surface area (Å²) in [5, 5.41) is 3.49. The van der Waals surface area contributed by atoms with Gasteiger partial charge in [0, 0.05) is 17.3 Å². The van der Waals surface area contributed by atoms with E-state index >= 15 is 0 Å². The molecule has 4 heteroatoms. The van der Waals surface area contributed by atoms with E-state index in [0.717, 1.165) is 11.4 Å². The Bertz CT molecular complexity index is 380. The minimum absolute atomic E-state index is 0.206. The molecule has 0 saturated heterocycles. The predicted octanol–water partition coefficient (Wildman–Crippen LogP) is 2.46. The molecule has 0 aliphatic heterocycles. The molecule has 3 nitrogen and oxygen atoms in total. The Hall–Kier alpha value is -1.16. The van der Waals surface area contributed by atoms with Crippen LogP contribution in [-0.2, 0) is 0 Å². The van der Waals surface area contributed by atoms with Gasteiger partial charge in [0.25, 0.3) is 0 Å². The lowest BCUT2D eigenvalue weighted by molar-refractivity contribution is 0.531. The van der Waals surface area contributed by atoms with E-state index in [4.69, 9.17) is 18.0 Å². The van der Waals surface area contributed by atoms with Gasteiger partial charge < -0.3 is 11.1 Å². The van der Waals surface area contributed by atoms with Gasteiger partial charge in [0.15, 0.2) is 0 Å². The molecule has 1 aromatic rings. The van der Waals surface area contributed by atoms with Crippen molar-refractivity contribution >= 4 is 23.0 Å². The molecule has 1 aromatic heterocycles. The lowest BCUT2D eigenvalue weighted by atomic mass is 10.0. The first-order chi connectivity index (χ1) is 7.59. The number of nitrogens with one attached hydrogen (secondary N) is 1. The van der Waals surface area contributed by atoms with Crippen molar-refractivity contribution in [2.24, 2.45) is 5.73 Å². The summed E-state index contributed by atoms with van der Waals surface area (Å²) in [6, 6.07) is 3.86. The van der Waals surface area contributed by atoms with Gasteiger partial charge in [0.2, 0.25) is 0 Å². The second-order valence-electron chi connectivity index (χ2n) is 4.69. The van der Waals surface area contributed by atoms with Crippen LogP contribution in [-0.4, -0.2) is 15.5 Å². The zero-order chi connectivity index (χ0) is 11.6. The number of pyridine rings is 1. The molecular weight excluding hydrogens is 218 g/mol. The topological polar surface area (TPSA) is 50.9 Å². The van der Waals surface area contributed by atoms with Crippen LogP contribution in [0, 0.1) is 0 Å². The Labute approximate surface area is 101 Å². The van der Waals surface area contributed by atoms with Crippen LogP contribution in [0.4, 0.5) is 5.82 Å². The van der Waals surface area contributed by atoms with Crippen LogP contribution in [0.1, 0.15) is 38.2 Å². The predicted molar refractivity (Wildman–Crippen MR) is 70.6 cm³/mol. The highest BCUT2D eigenvalue weighted by Crippen LogP contribution is 2.31. The summed E-state index contributed by atoms with van der Waals surface area (Å²) in [5.74, 6) is 0.907. The Balaban J connectivity index is 2.07. The van der Waals surface area contributed by atoms with Crippen LogP contribution in [0.25, 0.3) is 0 Å². The van der Waals surface area contributed by atoms with Crippen molar-refractivity contribution in [3.05, 3.63) is 23.9 Å². The number of hydrogen-bond donors (Lipinski definition) is 2. The number of aromatic nitrogens is 1. The van der Waals surface area contributed by atoms with E-state index in [2.05, 4.69) is 17.2 Å². The molecule has 0 bridgehead atoms. The van der Waals surface area contributed by atoms with E-state index in [-0.39, 0.29) is 5.54 Å². The molecule has 0 aromatic carbocycles. The van der Waals surface area contributed by atoms with Gasteiger partial charge in [-0.05, 0) is 31.9 Å². The van der Waals surface area contributed by atoms with Crippen molar-refractivity contribution < 1.29 is 0 Å². The molecule has 0 amide bonds. The normalized spacial score (nSPS) is 18.3. The second kappa shape index (κ2) is 4.37. The third-order valence-electron chi connectivity index (χ3n) is 3.18. The first-order valence-corrected chi connectivity index (χ1v) is 6.04. The highest BCUT2D eigenvalue weighted by atomic mass is 32.1. The van der Waals surface area contributed by atoms with E-state index in [1.165, 1.54) is 25.7 Å². The van der Waals surface area contributed by atoms with Crippen LogP contribution < -0.4 is 11.1 Å². The Morgan fingerprint density at radius 2 is 2.12 bits per heavy atom. The van der Waals surface area contributed by atoms with Gasteiger partial charge in [-0.15, -0.1) is 0 Å². The average molecular weight is 235 g/mol. The average Bonchev–Trinajstić information content (AvgIpc) is 2.65. The van der Waals surface area contributed by atoms with Crippen molar-refractivity contribution in [3.63, 3.8) is 0 Å². The molecule has 0 unspecified atom stereocenters. The smallest absolute Gasteiger partial charge is 0.126 e. The van der Waals surface area contributed by atoms with Gasteiger partial charge in [-0.2, -0.15) is 0 Å². The van der Waals surface area contributed by atoms with Crippen molar-refractivity contribution in [2.45, 2.75) is 38.1 Å². The van der Waals surface area contributed by atoms with Crippen molar-refractivity contribution in [3.8, 4) is 0 Å². The summed E-state index contributed by atoms with van der Waals surface area (Å²) in [4.78, 5) is 4.72. The summed E-state index contributed by atoms with van der Waals surface area (Å²) in [6.07, 6.45) is 6.75. The molecule has 3 N–H and O–H groups in total. The van der Waals surface area contributed by atoms with Gasteiger partial charge in [0.05, 0.1) is 0 Å². The maximum Gasteiger partial charge on any atom is 0.126 e. The van der Waals surface area contributed by atoms with Gasteiger partial charge in [-0.3, -0.25) is 0 Å². The summed E-state index contributed by atoms with van der Waals surface area (Å²) >= 11 is 4.89. The van der Waals surface area contributed by atoms with Crippen LogP contribution in [0.2, 0.25) is 0 Å². The van der Waals surface area contributed by atoms with E-state index in [1.807, 2.05) is 12.1 Å². The third-order valence-corrected chi connectivity index (χ3v) is 3.42. The highest BCUT2D eigenvalue weighted by Gasteiger charge is 2.28. The Kier molecular flexibility index (Phi) is 3.10. The van der Waals surface area contributed by atoms with Crippen molar-refractivity contribution in [2.75, 3.05) is 5.32 Å². The zero-order valence-corrected chi connectivity index (χ0v) is 10.3. The third kappa shape index (κ3) is 2.50. The number of nitrogens with zero attached hydrogens (tertiary/aromatic N) is 1. The lowest BCUT2D eigenvalue weighted by Crippen LogP contribution is -2.31. The molecule has 1 aliphatic carbocycles. The van der Waals surface area contributed by atoms with Crippen molar-refractivity contribution in [1.82, 2.24) is 4.98 Å². The molecule has 86 valence electrons. The van der Waals surface area contributed by atoms with Crippen LogP contribution in [0.3, 0.4) is 0 Å². The molecule has 0 spiro atoms. The number of anilines is 1. The van der Waals surface area contributed by atoms with E-state index in [1.54, 1.807) is 6.20 Å². The molecule has 0 radical (unpaired) electrons. The number of hydrogen-bond acceptors (Lipinski definition) is 3. The van der Waals surface area contributed by atoms with Crippen LogP contribution in [0.5, 0.6) is 0 Å². The maximum atomic E-state index is 5.52. The van der Waals surface area contributed by atoms with Gasteiger partial charge >= 0.3 is 0 Å². The first-order valence-electron chi connectivity index (χ1n) is 5.63. The first kappa shape index (κ1) is 11.3. The van der Waals surface area contributed by atoms with Gasteiger partial charge in [-0.25, -0.2) is 4.98 Å². The minimum Gasteiger partial charge on any atom is -0.389 e. The summed E-state index contributed by atoms with van der Waals surface area (Å²) in [6.45, 7) is 2.25. The molecule has 0 atom stereocenters. The molecule has 1 aliphatic rings. The molecular formula is C12H17N3S. The minimum atomic E-state index is 0.206. The maximum absolute atomic E-state index is 5.52. The highest BCUT2D eigenvalue weighted by molar-refractivity contribution is 7.80. The summed E-state index contributed by atoms with van der Waals surface area (Å²) in [5.41, 5.74) is 6.55. The summed E-state index contributed by atoms with van der Waals surface area (Å²) < 4.78 is 0. The molecule has 1 fully saturated rings. The standard InChI is InChI=1S/C12H17N3S/c1-12(6-2-3-7-12)15-10-5-4-9(8-14-10)11(13)16/h4-5,8H,2-3,6-7H2,1H3,(H2,13,16)(H,14,15). The zero-order valence-electron chi connectivity index (χ0n) is 9.49. The fraction of sp³-hybridized carbons (Fsp3) is 0.500. The number of nitrogens with two attached hydrogens (primary N) is 1. The largest absolute Gasteiger partial charge is 0.389 e. The molecule has 1 heterocycles. The molecule has 2 rings (SSSR count). The second-order valence-corrected chi connectivity index (χ2v) is 5.13. The van der Waals surface area contributed by atoms with Gasteiger partial charge in [-0.1, -0.05) is 25.1 Å². The number of thiocarbonyl (C=S) groups is 1. The van der Waals surface area contributed by atoms with Crippen LogP contribution in [0.15, 0.2) is 18.3 Å². The molecule has 1 saturated carbocycles. The van der Waals surface area contributed by atoms with Crippen molar-refractivity contribution in [1.29, 1.82) is 0 Å². The quantitative estimate of drug-likeness (QED) is 0.790. The van der Waals surface area contributed by atoms with E-state index in [9.17, 15) is 0 Å². The Morgan fingerprint density at radius 1 is 1.44 bits per heavy atom. The number of rotatable bonds is 3. The van der Waals surface area contributed by atoms with E-state index in [0.29, 0.717) is 4.99 Å². The summed E-state index contributed by atoms with van der Waals surface area (Å²) in [7, 11) is 0. The fourth-order valence-electron chi connectivity index (χ4n) is 2.20. The monoisotopic (exact) mass is 235 g/mol. The fourth-order valence-corrected chi connectivity index (χ4v) is 2.32.